The maximum atomic E-state index is 11.4. The van der Waals surface area contributed by atoms with Gasteiger partial charge in [-0.15, -0.1) is 0 Å². The largest absolute Gasteiger partial charge is 0.511 e. The van der Waals surface area contributed by atoms with Crippen molar-refractivity contribution in [1.82, 2.24) is 19.9 Å². The molecule has 0 saturated heterocycles. The highest BCUT2D eigenvalue weighted by Crippen LogP contribution is 2.33. The monoisotopic (exact) mass is 578 g/mol. The molecule has 2 aromatic heterocycles. The number of ether oxygens (including phenoxy) is 1. The van der Waals surface area contributed by atoms with Crippen molar-refractivity contribution in [3.05, 3.63) is 100 Å². The summed E-state index contributed by atoms with van der Waals surface area (Å²) in [5.74, 6) is 1.24. The number of aryl methyl sites for hydroxylation is 1. The quantitative estimate of drug-likeness (QED) is 0.0729. The predicted octanol–water partition coefficient (Wildman–Crippen LogP) is 7.34. The molecule has 0 radical (unpaired) electrons. The number of nitro groups is 1. The van der Waals surface area contributed by atoms with E-state index < -0.39 is 11.1 Å². The van der Waals surface area contributed by atoms with Gasteiger partial charge in [-0.25, -0.2) is 14.4 Å². The Morgan fingerprint density at radius 1 is 1.05 bits per heavy atom. The highest BCUT2D eigenvalue weighted by molar-refractivity contribution is 5.95. The van der Waals surface area contributed by atoms with Crippen LogP contribution in [0.1, 0.15) is 31.2 Å². The lowest BCUT2D eigenvalue weighted by atomic mass is 10.0. The molecule has 0 amide bonds. The third kappa shape index (κ3) is 5.58. The minimum absolute atomic E-state index is 0.0727. The number of unbranched alkanes of at least 4 members (excludes halogenated alkanes) is 1. The minimum Gasteiger partial charge on any atom is -0.449 e. The highest BCUT2D eigenvalue weighted by atomic mass is 16.7. The van der Waals surface area contributed by atoms with E-state index in [0.717, 1.165) is 52.9 Å². The van der Waals surface area contributed by atoms with Crippen LogP contribution in [0.2, 0.25) is 0 Å². The number of hydrogen-bond acceptors (Lipinski definition) is 9. The summed E-state index contributed by atoms with van der Waals surface area (Å²) in [4.78, 5) is 26.9. The molecule has 0 aliphatic carbocycles. The summed E-state index contributed by atoms with van der Waals surface area (Å²) < 4.78 is 12.0. The van der Waals surface area contributed by atoms with E-state index in [1.54, 1.807) is 18.2 Å². The van der Waals surface area contributed by atoms with Gasteiger partial charge < -0.3 is 19.7 Å². The number of para-hydroxylation sites is 1. The number of imidazole rings is 1. The van der Waals surface area contributed by atoms with E-state index in [-0.39, 0.29) is 22.5 Å². The normalized spacial score (nSPS) is 11.2. The average molecular weight is 579 g/mol. The number of anilines is 2. The number of nitrogens with one attached hydrogen (secondary N) is 1. The summed E-state index contributed by atoms with van der Waals surface area (Å²) in [5.41, 5.74) is 5.78. The molecule has 0 spiro atoms. The Bertz CT molecular complexity index is 1960. The van der Waals surface area contributed by atoms with Crippen LogP contribution in [0.25, 0.3) is 33.2 Å². The van der Waals surface area contributed by atoms with E-state index in [1.165, 1.54) is 6.07 Å². The lowest BCUT2D eigenvalue weighted by molar-refractivity contribution is -0.383. The van der Waals surface area contributed by atoms with Crippen LogP contribution >= 0.6 is 0 Å². The zero-order chi connectivity index (χ0) is 29.9. The maximum Gasteiger partial charge on any atom is 0.511 e. The van der Waals surface area contributed by atoms with E-state index in [9.17, 15) is 14.9 Å². The first-order chi connectivity index (χ1) is 20.9. The standard InChI is InChI=1S/C31H26N6O6/c1-2-3-8-28-33-23-14-13-21(32-24-15-16-25(37(40)41)30-29(24)34-43-35-30)17-26(23)36(28)18-19-9-11-20(12-10-19)22-6-4-5-7-27(22)42-31(38)39/h4-7,9-17,32H,2-3,8,18H2,1H3,(H,38,39). The zero-order valence-corrected chi connectivity index (χ0v) is 23.1. The number of aromatic nitrogens is 4. The number of benzene rings is 4. The van der Waals surface area contributed by atoms with Gasteiger partial charge in [0.15, 0.2) is 5.52 Å². The molecule has 4 aromatic carbocycles. The van der Waals surface area contributed by atoms with Crippen LogP contribution in [0.15, 0.2) is 83.5 Å². The molecule has 0 aliphatic rings. The summed E-state index contributed by atoms with van der Waals surface area (Å²) in [6, 6.07) is 23.7. The first kappa shape index (κ1) is 27.4. The Morgan fingerprint density at radius 2 is 1.84 bits per heavy atom. The van der Waals surface area contributed by atoms with Crippen LogP contribution in [-0.4, -0.2) is 36.0 Å². The third-order valence-corrected chi connectivity index (χ3v) is 7.14. The van der Waals surface area contributed by atoms with E-state index >= 15 is 0 Å². The van der Waals surface area contributed by atoms with Crippen molar-refractivity contribution in [2.75, 3.05) is 5.32 Å². The number of nitro benzene ring substituents is 1. The Hall–Kier alpha value is -5.78. The van der Waals surface area contributed by atoms with Crippen molar-refractivity contribution in [1.29, 1.82) is 0 Å². The number of nitrogens with zero attached hydrogens (tertiary/aromatic N) is 5. The lowest BCUT2D eigenvalue weighted by Crippen LogP contribution is -2.06. The van der Waals surface area contributed by atoms with Crippen molar-refractivity contribution in [3.8, 4) is 16.9 Å². The van der Waals surface area contributed by atoms with Crippen LogP contribution in [0, 0.1) is 10.1 Å². The van der Waals surface area contributed by atoms with Crippen molar-refractivity contribution in [3.63, 3.8) is 0 Å². The number of carboxylic acid groups (broad SMARTS) is 1. The van der Waals surface area contributed by atoms with Gasteiger partial charge in [-0.05, 0) is 58.2 Å². The molecule has 0 bridgehead atoms. The minimum atomic E-state index is -1.36. The van der Waals surface area contributed by atoms with Gasteiger partial charge >= 0.3 is 11.8 Å². The van der Waals surface area contributed by atoms with Crippen LogP contribution in [-0.2, 0) is 13.0 Å². The fourth-order valence-corrected chi connectivity index (χ4v) is 5.07. The number of fused-ring (bicyclic) bond motifs is 2. The number of rotatable bonds is 10. The molecule has 0 saturated carbocycles. The zero-order valence-electron chi connectivity index (χ0n) is 23.1. The van der Waals surface area contributed by atoms with Crippen molar-refractivity contribution >= 4 is 45.3 Å². The average Bonchev–Trinajstić information content (AvgIpc) is 3.62. The summed E-state index contributed by atoms with van der Waals surface area (Å²) in [6.07, 6.45) is 1.48. The Labute approximate surface area is 244 Å². The van der Waals surface area contributed by atoms with Crippen molar-refractivity contribution < 1.29 is 24.2 Å². The SMILES string of the molecule is CCCCc1nc2ccc(Nc3ccc([N+](=O)[O-])c4nonc34)cc2n1Cc1ccc(-c2ccccc2OC(=O)O)cc1. The smallest absolute Gasteiger partial charge is 0.449 e. The second-order valence-corrected chi connectivity index (χ2v) is 9.96. The molecular formula is C31H26N6O6. The molecule has 6 aromatic rings. The van der Waals surface area contributed by atoms with Crippen molar-refractivity contribution in [2.24, 2.45) is 0 Å². The van der Waals surface area contributed by atoms with E-state index in [1.807, 2.05) is 54.6 Å². The molecule has 2 heterocycles. The lowest BCUT2D eigenvalue weighted by Gasteiger charge is -2.12. The van der Waals surface area contributed by atoms with Crippen LogP contribution < -0.4 is 10.1 Å². The van der Waals surface area contributed by atoms with Gasteiger partial charge in [-0.1, -0.05) is 55.8 Å². The highest BCUT2D eigenvalue weighted by Gasteiger charge is 2.20. The second kappa shape index (κ2) is 11.6. The number of non-ortho nitro benzene ring substituents is 1. The molecule has 43 heavy (non-hydrogen) atoms. The summed E-state index contributed by atoms with van der Waals surface area (Å²) in [5, 5.41) is 31.4. The topological polar surface area (TPSA) is 158 Å². The van der Waals surface area contributed by atoms with Gasteiger partial charge in [-0.3, -0.25) is 10.1 Å². The van der Waals surface area contributed by atoms with Gasteiger partial charge in [0, 0.05) is 30.3 Å². The summed E-state index contributed by atoms with van der Waals surface area (Å²) in [7, 11) is 0. The molecule has 6 rings (SSSR count). The van der Waals surface area contributed by atoms with Crippen LogP contribution in [0.5, 0.6) is 5.75 Å². The fourth-order valence-electron chi connectivity index (χ4n) is 5.07. The third-order valence-electron chi connectivity index (χ3n) is 7.14. The molecule has 0 unspecified atom stereocenters. The Kier molecular flexibility index (Phi) is 7.39. The van der Waals surface area contributed by atoms with E-state index in [0.29, 0.717) is 17.8 Å². The molecule has 2 N–H and O–H groups in total. The van der Waals surface area contributed by atoms with Gasteiger partial charge in [0.25, 0.3) is 0 Å². The molecule has 0 atom stereocenters. The predicted molar refractivity (Wildman–Crippen MR) is 160 cm³/mol. The molecule has 216 valence electrons. The number of hydrogen-bond donors (Lipinski definition) is 2. The first-order valence-electron chi connectivity index (χ1n) is 13.7. The Morgan fingerprint density at radius 3 is 2.60 bits per heavy atom. The molecule has 12 heteroatoms. The summed E-state index contributed by atoms with van der Waals surface area (Å²) in [6.45, 7) is 2.71. The van der Waals surface area contributed by atoms with Crippen molar-refractivity contribution in [2.45, 2.75) is 32.7 Å². The van der Waals surface area contributed by atoms with Crippen LogP contribution in [0.4, 0.5) is 21.9 Å². The molecule has 12 nitrogen and oxygen atoms in total. The maximum absolute atomic E-state index is 11.4. The Balaban J connectivity index is 1.33. The van der Waals surface area contributed by atoms with Crippen LogP contribution in [0.3, 0.4) is 0 Å². The molecule has 0 aliphatic heterocycles. The van der Waals surface area contributed by atoms with Gasteiger partial charge in [-0.2, -0.15) is 0 Å². The first-order valence-corrected chi connectivity index (χ1v) is 13.7. The van der Waals surface area contributed by atoms with Gasteiger partial charge in [0.2, 0.25) is 5.52 Å². The number of carbonyl (C=O) groups is 1. The molecular weight excluding hydrogens is 552 g/mol. The van der Waals surface area contributed by atoms with E-state index in [4.69, 9.17) is 19.5 Å². The molecule has 0 fully saturated rings. The van der Waals surface area contributed by atoms with Gasteiger partial charge in [0.05, 0.1) is 21.6 Å². The van der Waals surface area contributed by atoms with Gasteiger partial charge in [0.1, 0.15) is 11.6 Å². The fraction of sp³-hybridized carbons (Fsp3) is 0.161. The summed E-state index contributed by atoms with van der Waals surface area (Å²) >= 11 is 0. The van der Waals surface area contributed by atoms with E-state index in [2.05, 4.69) is 27.1 Å². The second-order valence-electron chi connectivity index (χ2n) is 9.96.